The van der Waals surface area contributed by atoms with Crippen LogP contribution < -0.4 is 5.56 Å². The molecular formula is C15H14ClN3O2. The maximum atomic E-state index is 12.6. The summed E-state index contributed by atoms with van der Waals surface area (Å²) in [6.07, 6.45) is 3.76. The highest BCUT2D eigenvalue weighted by atomic mass is 35.5. The third-order valence-corrected chi connectivity index (χ3v) is 4.19. The fraction of sp³-hybridized carbons (Fsp3) is 0.333. The van der Waals surface area contributed by atoms with Gasteiger partial charge in [-0.15, -0.1) is 0 Å². The summed E-state index contributed by atoms with van der Waals surface area (Å²) in [7, 11) is 0. The highest BCUT2D eigenvalue weighted by molar-refractivity contribution is 6.31. The molecule has 2 aromatic heterocycles. The Bertz CT molecular complexity index is 878. The van der Waals surface area contributed by atoms with E-state index in [2.05, 4.69) is 9.97 Å². The van der Waals surface area contributed by atoms with E-state index in [1.54, 1.807) is 17.0 Å². The van der Waals surface area contributed by atoms with Crippen molar-refractivity contribution in [2.45, 2.75) is 25.5 Å². The Morgan fingerprint density at radius 3 is 3.19 bits per heavy atom. The Hall–Kier alpha value is -1.85. The van der Waals surface area contributed by atoms with Gasteiger partial charge in [0.05, 0.1) is 19.0 Å². The van der Waals surface area contributed by atoms with Gasteiger partial charge in [-0.05, 0) is 31.0 Å². The van der Waals surface area contributed by atoms with Gasteiger partial charge in [0, 0.05) is 22.5 Å². The van der Waals surface area contributed by atoms with Crippen molar-refractivity contribution in [1.82, 2.24) is 14.5 Å². The molecule has 1 atom stereocenters. The summed E-state index contributed by atoms with van der Waals surface area (Å²) in [4.78, 5) is 20.1. The van der Waals surface area contributed by atoms with Crippen LogP contribution in [0.3, 0.4) is 0 Å². The second-order valence-corrected chi connectivity index (χ2v) is 5.81. The second-order valence-electron chi connectivity index (χ2n) is 5.38. The number of aromatic amines is 1. The van der Waals surface area contributed by atoms with Crippen molar-refractivity contribution in [3.05, 3.63) is 39.9 Å². The number of hydrogen-bond donors (Lipinski definition) is 1. The zero-order valence-corrected chi connectivity index (χ0v) is 12.1. The Balaban J connectivity index is 1.86. The number of nitrogens with one attached hydrogen (secondary N) is 1. The van der Waals surface area contributed by atoms with Crippen LogP contribution in [0.2, 0.25) is 5.02 Å². The van der Waals surface area contributed by atoms with E-state index < -0.39 is 0 Å². The minimum absolute atomic E-state index is 0.0668. The second kappa shape index (κ2) is 4.86. The molecular weight excluding hydrogens is 290 g/mol. The maximum absolute atomic E-state index is 12.6. The minimum atomic E-state index is -0.0668. The number of halogens is 1. The third-order valence-electron chi connectivity index (χ3n) is 3.96. The molecule has 1 saturated heterocycles. The van der Waals surface area contributed by atoms with Gasteiger partial charge in [0.15, 0.2) is 0 Å². The predicted molar refractivity (Wildman–Crippen MR) is 81.8 cm³/mol. The summed E-state index contributed by atoms with van der Waals surface area (Å²) in [5, 5.41) is 1.51. The smallest absolute Gasteiger partial charge is 0.277 e. The van der Waals surface area contributed by atoms with Crippen molar-refractivity contribution in [1.29, 1.82) is 0 Å². The molecule has 4 rings (SSSR count). The van der Waals surface area contributed by atoms with Gasteiger partial charge in [0.2, 0.25) is 0 Å². The number of fused-ring (bicyclic) bond motifs is 3. The van der Waals surface area contributed by atoms with Crippen LogP contribution >= 0.6 is 11.6 Å². The van der Waals surface area contributed by atoms with Gasteiger partial charge in [0.1, 0.15) is 11.0 Å². The lowest BCUT2D eigenvalue weighted by Gasteiger charge is -2.10. The van der Waals surface area contributed by atoms with Crippen molar-refractivity contribution in [2.75, 3.05) is 6.61 Å². The predicted octanol–water partition coefficient (Wildman–Crippen LogP) is 2.71. The van der Waals surface area contributed by atoms with Crippen molar-refractivity contribution in [3.8, 4) is 0 Å². The van der Waals surface area contributed by atoms with Crippen LogP contribution in [0.15, 0.2) is 29.3 Å². The summed E-state index contributed by atoms with van der Waals surface area (Å²) in [6, 6.07) is 5.49. The molecule has 21 heavy (non-hydrogen) atoms. The van der Waals surface area contributed by atoms with Crippen LogP contribution in [0, 0.1) is 0 Å². The molecule has 5 nitrogen and oxygen atoms in total. The molecule has 0 amide bonds. The number of H-pyrrole nitrogens is 1. The van der Waals surface area contributed by atoms with Crippen LogP contribution in [-0.4, -0.2) is 27.2 Å². The van der Waals surface area contributed by atoms with E-state index in [-0.39, 0.29) is 11.7 Å². The zero-order chi connectivity index (χ0) is 14.4. The molecule has 0 spiro atoms. The van der Waals surface area contributed by atoms with Gasteiger partial charge in [-0.3, -0.25) is 9.36 Å². The number of ether oxygens (including phenoxy) is 1. The highest BCUT2D eigenvalue weighted by Crippen LogP contribution is 2.24. The molecule has 3 heterocycles. The van der Waals surface area contributed by atoms with E-state index in [1.807, 2.05) is 12.1 Å². The van der Waals surface area contributed by atoms with Crippen LogP contribution in [0.25, 0.3) is 21.9 Å². The standard InChI is InChI=1S/C15H14ClN3O2/c16-9-3-4-12-11(6-9)13-14(18-12)15(20)19(8-17-13)7-10-2-1-5-21-10/h3-4,6,8,10,18H,1-2,5,7H2/t10-/m0/s1. The largest absolute Gasteiger partial charge is 0.376 e. The van der Waals surface area contributed by atoms with Crippen LogP contribution in [0.4, 0.5) is 0 Å². The lowest BCUT2D eigenvalue weighted by atomic mass is 10.2. The number of nitrogens with zero attached hydrogens (tertiary/aromatic N) is 2. The zero-order valence-electron chi connectivity index (χ0n) is 11.3. The number of aromatic nitrogens is 3. The van der Waals surface area contributed by atoms with Crippen molar-refractivity contribution >= 4 is 33.5 Å². The normalized spacial score (nSPS) is 18.8. The molecule has 1 aliphatic heterocycles. The monoisotopic (exact) mass is 303 g/mol. The maximum Gasteiger partial charge on any atom is 0.277 e. The molecule has 6 heteroatoms. The Kier molecular flexibility index (Phi) is 2.97. The Morgan fingerprint density at radius 2 is 2.38 bits per heavy atom. The van der Waals surface area contributed by atoms with E-state index in [0.29, 0.717) is 22.6 Å². The molecule has 0 saturated carbocycles. The van der Waals surface area contributed by atoms with E-state index in [4.69, 9.17) is 16.3 Å². The Labute approximate surface area is 125 Å². The first-order valence-electron chi connectivity index (χ1n) is 7.00. The fourth-order valence-corrected chi connectivity index (χ4v) is 3.07. The molecule has 1 aliphatic rings. The lowest BCUT2D eigenvalue weighted by Crippen LogP contribution is -2.26. The van der Waals surface area contributed by atoms with Gasteiger partial charge >= 0.3 is 0 Å². The summed E-state index contributed by atoms with van der Waals surface area (Å²) in [5.74, 6) is 0. The van der Waals surface area contributed by atoms with Gasteiger partial charge in [0.25, 0.3) is 5.56 Å². The third kappa shape index (κ3) is 2.13. The first-order chi connectivity index (χ1) is 10.2. The van der Waals surface area contributed by atoms with Crippen LogP contribution in [0.1, 0.15) is 12.8 Å². The molecule has 0 unspecified atom stereocenters. The SMILES string of the molecule is O=c1c2[nH]c3ccc(Cl)cc3c2ncn1C[C@@H]1CCCO1. The van der Waals surface area contributed by atoms with E-state index in [0.717, 1.165) is 30.4 Å². The number of rotatable bonds is 2. The summed E-state index contributed by atoms with van der Waals surface area (Å²) >= 11 is 6.02. The fourth-order valence-electron chi connectivity index (χ4n) is 2.90. The number of hydrogen-bond acceptors (Lipinski definition) is 3. The van der Waals surface area contributed by atoms with Gasteiger partial charge in [-0.1, -0.05) is 11.6 Å². The van der Waals surface area contributed by atoms with E-state index in [9.17, 15) is 4.79 Å². The quantitative estimate of drug-likeness (QED) is 0.792. The lowest BCUT2D eigenvalue weighted by molar-refractivity contribution is 0.0960. The van der Waals surface area contributed by atoms with Gasteiger partial charge < -0.3 is 9.72 Å². The van der Waals surface area contributed by atoms with Crippen molar-refractivity contribution in [3.63, 3.8) is 0 Å². The van der Waals surface area contributed by atoms with Crippen molar-refractivity contribution < 1.29 is 4.74 Å². The molecule has 0 aliphatic carbocycles. The molecule has 1 fully saturated rings. The summed E-state index contributed by atoms with van der Waals surface area (Å²) in [6.45, 7) is 1.33. The minimum Gasteiger partial charge on any atom is -0.376 e. The topological polar surface area (TPSA) is 59.9 Å². The van der Waals surface area contributed by atoms with E-state index in [1.165, 1.54) is 0 Å². The molecule has 0 bridgehead atoms. The molecule has 108 valence electrons. The van der Waals surface area contributed by atoms with Crippen molar-refractivity contribution in [2.24, 2.45) is 0 Å². The van der Waals surface area contributed by atoms with E-state index >= 15 is 0 Å². The van der Waals surface area contributed by atoms with Crippen LogP contribution in [-0.2, 0) is 11.3 Å². The van der Waals surface area contributed by atoms with Crippen LogP contribution in [0.5, 0.6) is 0 Å². The van der Waals surface area contributed by atoms with Gasteiger partial charge in [-0.2, -0.15) is 0 Å². The summed E-state index contributed by atoms with van der Waals surface area (Å²) in [5.41, 5.74) is 1.99. The molecule has 1 aromatic carbocycles. The average Bonchev–Trinajstić information content (AvgIpc) is 3.09. The van der Waals surface area contributed by atoms with Gasteiger partial charge in [-0.25, -0.2) is 4.98 Å². The molecule has 0 radical (unpaired) electrons. The first kappa shape index (κ1) is 12.9. The summed E-state index contributed by atoms with van der Waals surface area (Å²) < 4.78 is 7.20. The molecule has 3 aromatic rings. The average molecular weight is 304 g/mol. The molecule has 1 N–H and O–H groups in total. The number of benzene rings is 1. The first-order valence-corrected chi connectivity index (χ1v) is 7.38. The Morgan fingerprint density at radius 1 is 1.48 bits per heavy atom. The highest BCUT2D eigenvalue weighted by Gasteiger charge is 2.18.